The van der Waals surface area contributed by atoms with Crippen LogP contribution in [0, 0.1) is 11.8 Å². The third kappa shape index (κ3) is 5.87. The average molecular weight is 543 g/mol. The normalized spacial score (nSPS) is 14.0. The third-order valence-electron chi connectivity index (χ3n) is 7.32. The Kier molecular flexibility index (Phi) is 7.54. The SMILES string of the molecule is COC(=O)c1cnc(-n2cnc3ccccc32)c(-c2ccc(C#Cc3ccc(CN4CCN(C)CC4)nc3)cc2)c1. The number of para-hydroxylation sites is 2. The van der Waals surface area contributed by atoms with Crippen LogP contribution in [0.1, 0.15) is 27.2 Å². The zero-order chi connectivity index (χ0) is 28.2. The first-order valence-corrected chi connectivity index (χ1v) is 13.6. The smallest absolute Gasteiger partial charge is 0.339 e. The van der Waals surface area contributed by atoms with Gasteiger partial charge in [0.15, 0.2) is 0 Å². The van der Waals surface area contributed by atoms with Crippen LogP contribution < -0.4 is 0 Å². The van der Waals surface area contributed by atoms with Gasteiger partial charge in [-0.3, -0.25) is 14.5 Å². The van der Waals surface area contributed by atoms with Crippen LogP contribution >= 0.6 is 0 Å². The molecule has 0 radical (unpaired) electrons. The number of carbonyl (C=O) groups is 1. The molecule has 4 heterocycles. The second-order valence-corrected chi connectivity index (χ2v) is 10.1. The van der Waals surface area contributed by atoms with Crippen molar-refractivity contribution in [1.29, 1.82) is 0 Å². The Morgan fingerprint density at radius 1 is 0.878 bits per heavy atom. The van der Waals surface area contributed by atoms with Crippen molar-refractivity contribution in [1.82, 2.24) is 29.3 Å². The summed E-state index contributed by atoms with van der Waals surface area (Å²) in [6, 6.07) is 21.7. The summed E-state index contributed by atoms with van der Waals surface area (Å²) < 4.78 is 6.88. The molecule has 1 aliphatic heterocycles. The lowest BCUT2D eigenvalue weighted by atomic mass is 10.0. The maximum atomic E-state index is 12.3. The van der Waals surface area contributed by atoms with Crippen LogP contribution in [0.2, 0.25) is 0 Å². The van der Waals surface area contributed by atoms with E-state index in [0.29, 0.717) is 11.4 Å². The van der Waals surface area contributed by atoms with Crippen molar-refractivity contribution < 1.29 is 9.53 Å². The molecule has 2 aromatic carbocycles. The third-order valence-corrected chi connectivity index (χ3v) is 7.32. The molecule has 6 rings (SSSR count). The number of rotatable bonds is 5. The molecule has 0 spiro atoms. The minimum Gasteiger partial charge on any atom is -0.465 e. The van der Waals surface area contributed by atoms with Crippen molar-refractivity contribution >= 4 is 17.0 Å². The number of ether oxygens (including phenoxy) is 1. The van der Waals surface area contributed by atoms with E-state index in [2.05, 4.69) is 49.7 Å². The first-order valence-electron chi connectivity index (χ1n) is 13.6. The summed E-state index contributed by atoms with van der Waals surface area (Å²) in [6.07, 6.45) is 5.13. The second-order valence-electron chi connectivity index (χ2n) is 10.1. The number of benzene rings is 2. The maximum Gasteiger partial charge on any atom is 0.339 e. The average Bonchev–Trinajstić information content (AvgIpc) is 3.45. The highest BCUT2D eigenvalue weighted by Crippen LogP contribution is 2.29. The van der Waals surface area contributed by atoms with Gasteiger partial charge in [0.05, 0.1) is 29.4 Å². The predicted octanol–water partition coefficient (Wildman–Crippen LogP) is 4.42. The number of pyridine rings is 2. The van der Waals surface area contributed by atoms with Gasteiger partial charge in [0, 0.05) is 61.8 Å². The van der Waals surface area contributed by atoms with Gasteiger partial charge in [-0.1, -0.05) is 36.1 Å². The Balaban J connectivity index is 1.24. The first-order chi connectivity index (χ1) is 20.1. The fourth-order valence-electron chi connectivity index (χ4n) is 4.92. The van der Waals surface area contributed by atoms with Crippen molar-refractivity contribution in [3.05, 3.63) is 108 Å². The number of carbonyl (C=O) groups excluding carboxylic acids is 1. The van der Waals surface area contributed by atoms with E-state index in [9.17, 15) is 4.79 Å². The van der Waals surface area contributed by atoms with Crippen molar-refractivity contribution in [2.24, 2.45) is 0 Å². The molecule has 0 amide bonds. The molecule has 0 atom stereocenters. The topological polar surface area (TPSA) is 76.4 Å². The molecule has 8 heteroatoms. The molecule has 1 aliphatic rings. The second kappa shape index (κ2) is 11.7. The quantitative estimate of drug-likeness (QED) is 0.240. The highest BCUT2D eigenvalue weighted by atomic mass is 16.5. The van der Waals surface area contributed by atoms with E-state index in [-0.39, 0.29) is 0 Å². The van der Waals surface area contributed by atoms with Crippen molar-refractivity contribution in [3.8, 4) is 28.8 Å². The Labute approximate surface area is 239 Å². The van der Waals surface area contributed by atoms with Crippen molar-refractivity contribution in [2.75, 3.05) is 40.3 Å². The molecule has 204 valence electrons. The molecular formula is C33H30N6O2. The van der Waals surface area contributed by atoms with Crippen LogP contribution in [0.25, 0.3) is 28.0 Å². The Hall–Kier alpha value is -4.84. The van der Waals surface area contributed by atoms with Gasteiger partial charge in [-0.25, -0.2) is 14.8 Å². The van der Waals surface area contributed by atoms with Gasteiger partial charge >= 0.3 is 5.97 Å². The van der Waals surface area contributed by atoms with Crippen LogP contribution in [0.5, 0.6) is 0 Å². The molecule has 41 heavy (non-hydrogen) atoms. The van der Waals surface area contributed by atoms with E-state index in [4.69, 9.17) is 4.74 Å². The van der Waals surface area contributed by atoms with Crippen molar-refractivity contribution in [3.63, 3.8) is 0 Å². The van der Waals surface area contributed by atoms with Crippen LogP contribution in [-0.4, -0.2) is 75.6 Å². The van der Waals surface area contributed by atoms with Gasteiger partial charge in [0.1, 0.15) is 12.1 Å². The predicted molar refractivity (Wildman–Crippen MR) is 159 cm³/mol. The molecule has 0 N–H and O–H groups in total. The molecule has 0 bridgehead atoms. The van der Waals surface area contributed by atoms with Gasteiger partial charge in [0.25, 0.3) is 0 Å². The fourth-order valence-corrected chi connectivity index (χ4v) is 4.92. The van der Waals surface area contributed by atoms with E-state index >= 15 is 0 Å². The summed E-state index contributed by atoms with van der Waals surface area (Å²) in [6.45, 7) is 5.19. The Bertz CT molecular complexity index is 1740. The van der Waals surface area contributed by atoms with E-state index in [1.54, 1.807) is 12.4 Å². The number of hydrogen-bond acceptors (Lipinski definition) is 7. The summed E-state index contributed by atoms with van der Waals surface area (Å²) >= 11 is 0. The minimum atomic E-state index is -0.438. The number of piperazine rings is 1. The number of likely N-dealkylation sites (N-methyl/N-ethyl adjacent to an activating group) is 1. The lowest BCUT2D eigenvalue weighted by Gasteiger charge is -2.32. The summed E-state index contributed by atoms with van der Waals surface area (Å²) in [4.78, 5) is 30.9. The van der Waals surface area contributed by atoms with Crippen LogP contribution in [-0.2, 0) is 11.3 Å². The maximum absolute atomic E-state index is 12.3. The van der Waals surface area contributed by atoms with Gasteiger partial charge in [0.2, 0.25) is 0 Å². The zero-order valence-electron chi connectivity index (χ0n) is 23.1. The highest BCUT2D eigenvalue weighted by Gasteiger charge is 2.17. The van der Waals surface area contributed by atoms with Gasteiger partial charge in [-0.05, 0) is 55.1 Å². The number of nitrogens with zero attached hydrogens (tertiary/aromatic N) is 6. The standard InChI is InChI=1S/C33H30N6O2/c1-37-15-17-38(18-16-37)22-28-14-11-25(20-34-28)8-7-24-9-12-26(13-10-24)29-19-27(33(40)41-2)21-35-32(29)39-23-36-30-5-3-4-6-31(30)39/h3-6,9-14,19-21,23H,15-18,22H2,1-2H3. The molecule has 0 aliphatic carbocycles. The van der Waals surface area contributed by atoms with E-state index in [1.807, 2.05) is 65.4 Å². The van der Waals surface area contributed by atoms with Crippen LogP contribution in [0.15, 0.2) is 85.5 Å². The van der Waals surface area contributed by atoms with Crippen molar-refractivity contribution in [2.45, 2.75) is 6.54 Å². The lowest BCUT2D eigenvalue weighted by molar-refractivity contribution is 0.0600. The summed E-state index contributed by atoms with van der Waals surface area (Å²) in [5, 5.41) is 0. The molecule has 0 unspecified atom stereocenters. The molecule has 1 fully saturated rings. The van der Waals surface area contributed by atoms with Crippen LogP contribution in [0.3, 0.4) is 0 Å². The number of esters is 1. The summed E-state index contributed by atoms with van der Waals surface area (Å²) in [7, 11) is 3.53. The molecule has 1 saturated heterocycles. The molecule has 0 saturated carbocycles. The molecule has 8 nitrogen and oxygen atoms in total. The fraction of sp³-hybridized carbons (Fsp3) is 0.212. The first kappa shape index (κ1) is 26.4. The van der Waals surface area contributed by atoms with E-state index < -0.39 is 5.97 Å². The van der Waals surface area contributed by atoms with E-state index in [1.165, 1.54) is 13.3 Å². The van der Waals surface area contributed by atoms with Crippen LogP contribution in [0.4, 0.5) is 0 Å². The highest BCUT2D eigenvalue weighted by molar-refractivity contribution is 5.92. The van der Waals surface area contributed by atoms with Gasteiger partial charge in [-0.15, -0.1) is 0 Å². The number of fused-ring (bicyclic) bond motifs is 1. The molecular weight excluding hydrogens is 512 g/mol. The monoisotopic (exact) mass is 542 g/mol. The largest absolute Gasteiger partial charge is 0.465 e. The number of imidazole rings is 1. The lowest BCUT2D eigenvalue weighted by Crippen LogP contribution is -2.43. The molecule has 5 aromatic rings. The van der Waals surface area contributed by atoms with E-state index in [0.717, 1.165) is 71.7 Å². The summed E-state index contributed by atoms with van der Waals surface area (Å²) in [5.74, 6) is 6.70. The minimum absolute atomic E-state index is 0.378. The number of hydrogen-bond donors (Lipinski definition) is 0. The van der Waals surface area contributed by atoms with Gasteiger partial charge in [-0.2, -0.15) is 0 Å². The Morgan fingerprint density at radius 2 is 1.63 bits per heavy atom. The summed E-state index contributed by atoms with van der Waals surface area (Å²) in [5.41, 5.74) is 6.67. The Morgan fingerprint density at radius 3 is 2.39 bits per heavy atom. The molecule has 3 aromatic heterocycles. The van der Waals surface area contributed by atoms with Gasteiger partial charge < -0.3 is 9.64 Å². The number of methoxy groups -OCH3 is 1. The number of aromatic nitrogens is 4. The zero-order valence-corrected chi connectivity index (χ0v) is 23.1.